The average Bonchev–Trinajstić information content (AvgIpc) is 2.63. The lowest BCUT2D eigenvalue weighted by atomic mass is 10.4. The van der Waals surface area contributed by atoms with Gasteiger partial charge in [0.25, 0.3) is 0 Å². The van der Waals surface area contributed by atoms with Crippen LogP contribution in [0.1, 0.15) is 54.4 Å². The van der Waals surface area contributed by atoms with Crippen LogP contribution >= 0.6 is 0 Å². The summed E-state index contributed by atoms with van der Waals surface area (Å²) < 4.78 is 14.1. The van der Waals surface area contributed by atoms with Crippen molar-refractivity contribution >= 4 is 16.5 Å². The van der Waals surface area contributed by atoms with Gasteiger partial charge in [-0.3, -0.25) is 0 Å². The zero-order valence-electron chi connectivity index (χ0n) is 17.7. The Kier molecular flexibility index (Phi) is 13.7. The van der Waals surface area contributed by atoms with E-state index in [2.05, 4.69) is 45.8 Å². The molecule has 0 aromatic heterocycles. The summed E-state index contributed by atoms with van der Waals surface area (Å²) in [7, 11) is -0.857. The summed E-state index contributed by atoms with van der Waals surface area (Å²) in [5.74, 6) is 0. The van der Waals surface area contributed by atoms with Crippen LogP contribution in [-0.4, -0.2) is 54.2 Å². The summed E-state index contributed by atoms with van der Waals surface area (Å²) in [6.07, 6.45) is 2.20. The molecule has 146 valence electrons. The van der Waals surface area contributed by atoms with Crippen LogP contribution in [0.25, 0.3) is 0 Å². The van der Waals surface area contributed by atoms with E-state index in [9.17, 15) is 0 Å². The van der Waals surface area contributed by atoms with Crippen molar-refractivity contribution < 1.29 is 9.47 Å². The highest BCUT2D eigenvalue weighted by atomic mass is 28.4. The standard InChI is InChI=1S/C19H45NO2Si2/c1-8-23(9-2,10-3)20(24(11-4,12-5)13-6)16-14-18-22-19-15-17-21-7/h8-19H2,1-7H3. The molecule has 0 atom stereocenters. The molecule has 0 aliphatic heterocycles. The molecule has 0 saturated carbocycles. The molecule has 0 aromatic rings. The van der Waals surface area contributed by atoms with E-state index in [0.717, 1.165) is 26.2 Å². The van der Waals surface area contributed by atoms with Crippen molar-refractivity contribution in [1.29, 1.82) is 0 Å². The van der Waals surface area contributed by atoms with Crippen LogP contribution in [-0.2, 0) is 9.47 Å². The zero-order valence-corrected chi connectivity index (χ0v) is 19.7. The van der Waals surface area contributed by atoms with E-state index in [1.54, 1.807) is 7.11 Å². The monoisotopic (exact) mass is 375 g/mol. The fourth-order valence-corrected chi connectivity index (χ4v) is 17.8. The van der Waals surface area contributed by atoms with Crippen LogP contribution in [0.4, 0.5) is 0 Å². The lowest BCUT2D eigenvalue weighted by Crippen LogP contribution is -2.66. The Hall–Kier alpha value is 0.314. The Morgan fingerprint density at radius 1 is 0.625 bits per heavy atom. The van der Waals surface area contributed by atoms with Gasteiger partial charge >= 0.3 is 0 Å². The molecule has 0 N–H and O–H groups in total. The van der Waals surface area contributed by atoms with Crippen molar-refractivity contribution in [3.05, 3.63) is 0 Å². The summed E-state index contributed by atoms with van der Waals surface area (Å²) in [5, 5.41) is 0. The van der Waals surface area contributed by atoms with E-state index in [4.69, 9.17) is 9.47 Å². The molecule has 0 aromatic carbocycles. The maximum absolute atomic E-state index is 5.84. The third-order valence-electron chi connectivity index (χ3n) is 6.40. The lowest BCUT2D eigenvalue weighted by molar-refractivity contribution is 0.100. The molecule has 0 amide bonds. The van der Waals surface area contributed by atoms with Gasteiger partial charge in [-0.05, 0) is 55.7 Å². The fraction of sp³-hybridized carbons (Fsp3) is 1.00. The van der Waals surface area contributed by atoms with Gasteiger partial charge in [0, 0.05) is 26.9 Å². The van der Waals surface area contributed by atoms with Gasteiger partial charge in [-0.2, -0.15) is 0 Å². The fourth-order valence-electron chi connectivity index (χ4n) is 4.35. The van der Waals surface area contributed by atoms with Crippen LogP contribution in [0.5, 0.6) is 0 Å². The molecule has 0 unspecified atom stereocenters. The Morgan fingerprint density at radius 3 is 1.42 bits per heavy atom. The molecule has 0 aliphatic rings. The van der Waals surface area contributed by atoms with E-state index < -0.39 is 16.5 Å². The van der Waals surface area contributed by atoms with Gasteiger partial charge in [-0.25, -0.2) is 0 Å². The first-order valence-electron chi connectivity index (χ1n) is 10.4. The Morgan fingerprint density at radius 2 is 1.04 bits per heavy atom. The average molecular weight is 376 g/mol. The highest BCUT2D eigenvalue weighted by Crippen LogP contribution is 2.35. The van der Waals surface area contributed by atoms with Crippen LogP contribution in [0.2, 0.25) is 36.3 Å². The predicted molar refractivity (Wildman–Crippen MR) is 113 cm³/mol. The molecule has 0 bridgehead atoms. The first-order valence-corrected chi connectivity index (χ1v) is 15.5. The first kappa shape index (κ1) is 24.3. The van der Waals surface area contributed by atoms with Crippen LogP contribution in [0.15, 0.2) is 0 Å². The van der Waals surface area contributed by atoms with E-state index in [1.807, 2.05) is 0 Å². The third kappa shape index (κ3) is 6.56. The largest absolute Gasteiger partial charge is 0.385 e. The van der Waals surface area contributed by atoms with Crippen LogP contribution in [0.3, 0.4) is 0 Å². The minimum atomic E-state index is -1.31. The van der Waals surface area contributed by atoms with Crippen molar-refractivity contribution in [3.8, 4) is 0 Å². The molecule has 3 nitrogen and oxygen atoms in total. The summed E-state index contributed by atoms with van der Waals surface area (Å²) in [5.41, 5.74) is 0. The molecule has 5 heteroatoms. The summed E-state index contributed by atoms with van der Waals surface area (Å²) >= 11 is 0. The maximum Gasteiger partial charge on any atom is 0.120 e. The highest BCUT2D eigenvalue weighted by molar-refractivity contribution is 6.92. The number of rotatable bonds is 16. The quantitative estimate of drug-likeness (QED) is 0.253. The SMILES string of the molecule is CC[Si](CC)(CC)N(CCCOCCCOC)[Si](CC)(CC)CC. The number of hydrogen-bond donors (Lipinski definition) is 0. The zero-order chi connectivity index (χ0) is 18.5. The number of ether oxygens (including phenoxy) is 2. The number of hydrogen-bond acceptors (Lipinski definition) is 3. The first-order chi connectivity index (χ1) is 11.6. The summed E-state index contributed by atoms with van der Waals surface area (Å²) in [4.78, 5) is 0. The van der Waals surface area contributed by atoms with Gasteiger partial charge < -0.3 is 13.7 Å². The van der Waals surface area contributed by atoms with Gasteiger partial charge in [0.1, 0.15) is 16.5 Å². The van der Waals surface area contributed by atoms with Crippen LogP contribution in [0, 0.1) is 0 Å². The highest BCUT2D eigenvalue weighted by Gasteiger charge is 2.45. The van der Waals surface area contributed by atoms with E-state index in [1.165, 1.54) is 49.2 Å². The Balaban J connectivity index is 4.94. The van der Waals surface area contributed by atoms with Crippen molar-refractivity contribution in [1.82, 2.24) is 4.23 Å². The van der Waals surface area contributed by atoms with Crippen molar-refractivity contribution in [2.24, 2.45) is 0 Å². The second-order valence-electron chi connectivity index (χ2n) is 7.03. The Bertz CT molecular complexity index is 259. The van der Waals surface area contributed by atoms with Gasteiger partial charge in [0.2, 0.25) is 0 Å². The molecule has 0 heterocycles. The van der Waals surface area contributed by atoms with E-state index in [0.29, 0.717) is 0 Å². The minimum absolute atomic E-state index is 0.807. The van der Waals surface area contributed by atoms with E-state index in [-0.39, 0.29) is 0 Å². The molecular weight excluding hydrogens is 330 g/mol. The number of methoxy groups -OCH3 is 1. The molecule has 0 spiro atoms. The molecule has 0 saturated heterocycles. The summed E-state index contributed by atoms with van der Waals surface area (Å²) in [6, 6.07) is 8.44. The normalized spacial score (nSPS) is 13.0. The smallest absolute Gasteiger partial charge is 0.120 e. The van der Waals surface area contributed by atoms with Crippen molar-refractivity contribution in [2.75, 3.05) is 33.5 Å². The molecule has 0 rings (SSSR count). The topological polar surface area (TPSA) is 21.7 Å². The van der Waals surface area contributed by atoms with Gasteiger partial charge in [0.05, 0.1) is 0 Å². The summed E-state index contributed by atoms with van der Waals surface area (Å²) in [6.45, 7) is 18.5. The molecule has 0 radical (unpaired) electrons. The molecular formula is C19H45NO2Si2. The van der Waals surface area contributed by atoms with E-state index >= 15 is 0 Å². The van der Waals surface area contributed by atoms with Crippen LogP contribution < -0.4 is 0 Å². The second kappa shape index (κ2) is 13.5. The maximum atomic E-state index is 5.84. The minimum Gasteiger partial charge on any atom is -0.385 e. The van der Waals surface area contributed by atoms with Crippen molar-refractivity contribution in [3.63, 3.8) is 0 Å². The van der Waals surface area contributed by atoms with Gasteiger partial charge in [-0.1, -0.05) is 41.5 Å². The lowest BCUT2D eigenvalue weighted by Gasteiger charge is -2.52. The van der Waals surface area contributed by atoms with Gasteiger partial charge in [-0.15, -0.1) is 0 Å². The predicted octanol–water partition coefficient (Wildman–Crippen LogP) is 5.74. The molecule has 0 aliphatic carbocycles. The van der Waals surface area contributed by atoms with Gasteiger partial charge in [0.15, 0.2) is 0 Å². The molecule has 0 fully saturated rings. The van der Waals surface area contributed by atoms with Crippen molar-refractivity contribution in [2.45, 2.75) is 90.6 Å². The third-order valence-corrected chi connectivity index (χ3v) is 19.9. The Labute approximate surface area is 154 Å². The number of nitrogens with zero attached hydrogens (tertiary/aromatic N) is 1. The second-order valence-corrected chi connectivity index (χ2v) is 17.7. The molecule has 24 heavy (non-hydrogen) atoms.